The number of aliphatic carboxylic acids is 1. The van der Waals surface area contributed by atoms with Crippen molar-refractivity contribution in [2.45, 2.75) is 19.6 Å². The number of hydrogen-bond acceptors (Lipinski definition) is 3. The first-order valence-electron chi connectivity index (χ1n) is 4.79. The van der Waals surface area contributed by atoms with Crippen molar-refractivity contribution in [2.75, 3.05) is 0 Å². The smallest absolute Gasteiger partial charge is 0.332 e. The first-order chi connectivity index (χ1) is 7.52. The Balaban J connectivity index is 0.00000256. The number of ether oxygens (including phenoxy) is 1. The maximum absolute atomic E-state index is 10.5. The zero-order chi connectivity index (χ0) is 12.1. The summed E-state index contributed by atoms with van der Waals surface area (Å²) in [7, 11) is 0. The van der Waals surface area contributed by atoms with Gasteiger partial charge in [0.05, 0.1) is 6.61 Å². The summed E-state index contributed by atoms with van der Waals surface area (Å²) in [5.74, 6) is -1.07. The number of halogens is 1. The van der Waals surface area contributed by atoms with Crippen molar-refractivity contribution in [3.63, 3.8) is 0 Å². The van der Waals surface area contributed by atoms with Gasteiger partial charge in [0.15, 0.2) is 6.10 Å². The molecule has 0 radical (unpaired) electrons. The molecule has 4 N–H and O–H groups in total. The number of carbonyl (C=O) groups is 1. The average Bonchev–Trinajstić information content (AvgIpc) is 2.25. The molecule has 0 amide bonds. The highest BCUT2D eigenvalue weighted by molar-refractivity contribution is 5.96. The Morgan fingerprint density at radius 3 is 2.65 bits per heavy atom. The van der Waals surface area contributed by atoms with Crippen molar-refractivity contribution >= 4 is 24.2 Å². The molecule has 6 heteroatoms. The van der Waals surface area contributed by atoms with Gasteiger partial charge in [-0.3, -0.25) is 5.41 Å². The lowest BCUT2D eigenvalue weighted by Crippen LogP contribution is -2.21. The standard InChI is InChI=1S/C11H14N2O3.ClH/c1-7(11(14)15)16-6-8-4-2-3-5-9(8)10(12)13;/h2-5,7H,6H2,1H3,(H3,12,13)(H,14,15);1H. The van der Waals surface area contributed by atoms with Gasteiger partial charge in [-0.2, -0.15) is 0 Å². The minimum atomic E-state index is -1.01. The van der Waals surface area contributed by atoms with Crippen LogP contribution in [0.2, 0.25) is 0 Å². The molecule has 0 heterocycles. The second kappa shape index (κ2) is 6.88. The topological polar surface area (TPSA) is 96.4 Å². The quantitative estimate of drug-likeness (QED) is 0.549. The van der Waals surface area contributed by atoms with Crippen molar-refractivity contribution < 1.29 is 14.6 Å². The van der Waals surface area contributed by atoms with Crippen LogP contribution in [-0.2, 0) is 16.1 Å². The summed E-state index contributed by atoms with van der Waals surface area (Å²) in [6, 6.07) is 7.01. The van der Waals surface area contributed by atoms with Gasteiger partial charge in [0, 0.05) is 5.56 Å². The van der Waals surface area contributed by atoms with E-state index in [0.29, 0.717) is 11.1 Å². The van der Waals surface area contributed by atoms with E-state index in [1.165, 1.54) is 6.92 Å². The lowest BCUT2D eigenvalue weighted by molar-refractivity contribution is -0.149. The van der Waals surface area contributed by atoms with Crippen molar-refractivity contribution in [2.24, 2.45) is 5.73 Å². The Hall–Kier alpha value is -1.59. The van der Waals surface area contributed by atoms with Gasteiger partial charge in [-0.05, 0) is 12.5 Å². The lowest BCUT2D eigenvalue weighted by Gasteiger charge is -2.11. The molecule has 17 heavy (non-hydrogen) atoms. The predicted molar refractivity (Wildman–Crippen MR) is 66.6 cm³/mol. The molecule has 0 saturated carbocycles. The monoisotopic (exact) mass is 258 g/mol. The number of hydrogen-bond donors (Lipinski definition) is 3. The van der Waals surface area contributed by atoms with Gasteiger partial charge in [-0.25, -0.2) is 4.79 Å². The summed E-state index contributed by atoms with van der Waals surface area (Å²) >= 11 is 0. The highest BCUT2D eigenvalue weighted by Crippen LogP contribution is 2.10. The fourth-order valence-electron chi connectivity index (χ4n) is 1.19. The van der Waals surface area contributed by atoms with Crippen LogP contribution in [0.4, 0.5) is 0 Å². The van der Waals surface area contributed by atoms with E-state index in [9.17, 15) is 4.79 Å². The third kappa shape index (κ3) is 4.42. The summed E-state index contributed by atoms with van der Waals surface area (Å²) in [5.41, 5.74) is 6.67. The highest BCUT2D eigenvalue weighted by Gasteiger charge is 2.12. The average molecular weight is 259 g/mol. The number of carboxylic acid groups (broad SMARTS) is 1. The van der Waals surface area contributed by atoms with Crippen LogP contribution >= 0.6 is 12.4 Å². The largest absolute Gasteiger partial charge is 0.479 e. The number of nitrogens with one attached hydrogen (secondary N) is 1. The van der Waals surface area contributed by atoms with Crippen molar-refractivity contribution in [1.82, 2.24) is 0 Å². The molecule has 1 rings (SSSR count). The van der Waals surface area contributed by atoms with Crippen LogP contribution in [0.25, 0.3) is 0 Å². The summed E-state index contributed by atoms with van der Waals surface area (Å²) in [6.45, 7) is 1.59. The van der Waals surface area contributed by atoms with Crippen LogP contribution in [0.3, 0.4) is 0 Å². The highest BCUT2D eigenvalue weighted by atomic mass is 35.5. The third-order valence-electron chi connectivity index (χ3n) is 2.14. The molecule has 0 aromatic heterocycles. The summed E-state index contributed by atoms with van der Waals surface area (Å²) < 4.78 is 5.13. The minimum absolute atomic E-state index is 0. The van der Waals surface area contributed by atoms with E-state index >= 15 is 0 Å². The molecule has 0 aliphatic rings. The van der Waals surface area contributed by atoms with E-state index in [0.717, 1.165) is 0 Å². The predicted octanol–water partition coefficient (Wildman–Crippen LogP) is 1.38. The van der Waals surface area contributed by atoms with Crippen LogP contribution < -0.4 is 5.73 Å². The zero-order valence-corrected chi connectivity index (χ0v) is 10.2. The first-order valence-corrected chi connectivity index (χ1v) is 4.79. The second-order valence-corrected chi connectivity index (χ2v) is 3.36. The summed E-state index contributed by atoms with van der Waals surface area (Å²) in [6.07, 6.45) is -0.875. The maximum atomic E-state index is 10.5. The number of rotatable bonds is 5. The first kappa shape index (κ1) is 15.4. The van der Waals surface area contributed by atoms with E-state index in [-0.39, 0.29) is 24.8 Å². The lowest BCUT2D eigenvalue weighted by atomic mass is 10.1. The van der Waals surface area contributed by atoms with Crippen LogP contribution in [0.1, 0.15) is 18.1 Å². The minimum Gasteiger partial charge on any atom is -0.479 e. The normalized spacial score (nSPS) is 11.4. The van der Waals surface area contributed by atoms with E-state index in [1.54, 1.807) is 24.3 Å². The van der Waals surface area contributed by atoms with E-state index < -0.39 is 12.1 Å². The Labute approximate surface area is 106 Å². The van der Waals surface area contributed by atoms with E-state index in [2.05, 4.69) is 0 Å². The number of benzene rings is 1. The molecule has 1 aromatic carbocycles. The molecule has 1 unspecified atom stereocenters. The summed E-state index contributed by atoms with van der Waals surface area (Å²) in [4.78, 5) is 10.5. The second-order valence-electron chi connectivity index (χ2n) is 3.36. The number of carboxylic acids is 1. The number of nitrogens with two attached hydrogens (primary N) is 1. The Morgan fingerprint density at radius 2 is 2.12 bits per heavy atom. The fraction of sp³-hybridized carbons (Fsp3) is 0.273. The van der Waals surface area contributed by atoms with E-state index in [4.69, 9.17) is 21.0 Å². The molecule has 1 aromatic rings. The zero-order valence-electron chi connectivity index (χ0n) is 9.34. The van der Waals surface area contributed by atoms with Crippen molar-refractivity contribution in [3.8, 4) is 0 Å². The van der Waals surface area contributed by atoms with Gasteiger partial charge in [-0.15, -0.1) is 12.4 Å². The van der Waals surface area contributed by atoms with Gasteiger partial charge in [0.25, 0.3) is 0 Å². The molecule has 1 atom stereocenters. The molecule has 0 fully saturated rings. The molecule has 0 saturated heterocycles. The van der Waals surface area contributed by atoms with Gasteiger partial charge < -0.3 is 15.6 Å². The van der Waals surface area contributed by atoms with Crippen molar-refractivity contribution in [3.05, 3.63) is 35.4 Å². The third-order valence-corrected chi connectivity index (χ3v) is 2.14. The number of nitrogen functional groups attached to an aromatic ring is 1. The molecule has 0 spiro atoms. The van der Waals surface area contributed by atoms with Crippen LogP contribution in [0, 0.1) is 5.41 Å². The Kier molecular flexibility index (Phi) is 6.23. The molecule has 0 aliphatic carbocycles. The molecule has 0 aliphatic heterocycles. The maximum Gasteiger partial charge on any atom is 0.332 e. The van der Waals surface area contributed by atoms with Gasteiger partial charge >= 0.3 is 5.97 Å². The molecule has 5 nitrogen and oxygen atoms in total. The summed E-state index contributed by atoms with van der Waals surface area (Å²) in [5, 5.41) is 16.0. The van der Waals surface area contributed by atoms with Crippen molar-refractivity contribution in [1.29, 1.82) is 5.41 Å². The molecule has 0 bridgehead atoms. The Morgan fingerprint density at radius 1 is 1.53 bits per heavy atom. The molecular weight excluding hydrogens is 244 g/mol. The van der Waals surface area contributed by atoms with Gasteiger partial charge in [-0.1, -0.05) is 24.3 Å². The van der Waals surface area contributed by atoms with Gasteiger partial charge in [0.1, 0.15) is 5.84 Å². The van der Waals surface area contributed by atoms with Crippen LogP contribution in [0.15, 0.2) is 24.3 Å². The van der Waals surface area contributed by atoms with Crippen LogP contribution in [0.5, 0.6) is 0 Å². The Bertz CT molecular complexity index is 409. The van der Waals surface area contributed by atoms with Gasteiger partial charge in [0.2, 0.25) is 0 Å². The van der Waals surface area contributed by atoms with Crippen LogP contribution in [-0.4, -0.2) is 23.0 Å². The molecular formula is C11H15ClN2O3. The van der Waals surface area contributed by atoms with E-state index in [1.807, 2.05) is 0 Å². The fourth-order valence-corrected chi connectivity index (χ4v) is 1.19. The molecule has 94 valence electrons. The number of amidine groups is 1. The SMILES string of the molecule is CC(OCc1ccccc1C(=N)N)C(=O)O.Cl.